The molecule has 1 aromatic heterocycles. The second kappa shape index (κ2) is 5.79. The third kappa shape index (κ3) is 2.90. The van der Waals surface area contributed by atoms with Gasteiger partial charge in [0.25, 0.3) is 0 Å². The van der Waals surface area contributed by atoms with Crippen LogP contribution in [-0.4, -0.2) is 17.1 Å². The van der Waals surface area contributed by atoms with Crippen molar-refractivity contribution in [1.29, 1.82) is 0 Å². The van der Waals surface area contributed by atoms with Gasteiger partial charge < -0.3 is 10.1 Å². The molecule has 0 bridgehead atoms. The van der Waals surface area contributed by atoms with Gasteiger partial charge in [0.1, 0.15) is 6.10 Å². The lowest BCUT2D eigenvalue weighted by Crippen LogP contribution is -2.20. The van der Waals surface area contributed by atoms with Crippen LogP contribution in [0.25, 0.3) is 10.8 Å². The summed E-state index contributed by atoms with van der Waals surface area (Å²) in [5, 5.41) is 6.02. The predicted molar refractivity (Wildman–Crippen MR) is 90.6 cm³/mol. The molecule has 0 atom stereocenters. The second-order valence-electron chi connectivity index (χ2n) is 6.77. The number of aryl methyl sites for hydroxylation is 1. The van der Waals surface area contributed by atoms with Gasteiger partial charge in [0, 0.05) is 28.2 Å². The van der Waals surface area contributed by atoms with Crippen LogP contribution in [0.3, 0.4) is 0 Å². The monoisotopic (exact) mass is 296 g/mol. The molecule has 1 aromatic carbocycles. The smallest absolute Gasteiger partial charge is 0.221 e. The summed E-state index contributed by atoms with van der Waals surface area (Å²) >= 11 is 0. The number of hydrogen-bond donors (Lipinski definition) is 1. The molecule has 0 radical (unpaired) electrons. The number of pyridine rings is 1. The molecular formula is C19H24N2O. The van der Waals surface area contributed by atoms with Crippen LogP contribution in [0.5, 0.6) is 5.88 Å². The maximum Gasteiger partial charge on any atom is 0.221 e. The molecule has 0 unspecified atom stereocenters. The molecule has 1 heterocycles. The van der Waals surface area contributed by atoms with Gasteiger partial charge in [0.2, 0.25) is 5.88 Å². The van der Waals surface area contributed by atoms with Gasteiger partial charge in [-0.3, -0.25) is 0 Å². The topological polar surface area (TPSA) is 34.1 Å². The molecular weight excluding hydrogens is 272 g/mol. The number of benzene rings is 1. The van der Waals surface area contributed by atoms with E-state index in [1.54, 1.807) is 0 Å². The van der Waals surface area contributed by atoms with Gasteiger partial charge in [0.15, 0.2) is 0 Å². The van der Waals surface area contributed by atoms with Crippen LogP contribution in [0, 0.1) is 6.92 Å². The molecule has 3 heteroatoms. The first kappa shape index (κ1) is 13.9. The minimum Gasteiger partial charge on any atom is -0.474 e. The third-order valence-electron chi connectivity index (χ3n) is 4.74. The minimum atomic E-state index is 0.339. The Morgan fingerprint density at radius 3 is 2.64 bits per heavy atom. The van der Waals surface area contributed by atoms with E-state index in [-0.39, 0.29) is 0 Å². The lowest BCUT2D eigenvalue weighted by atomic mass is 9.98. The predicted octanol–water partition coefficient (Wildman–Crippen LogP) is 4.83. The van der Waals surface area contributed by atoms with Gasteiger partial charge in [-0.2, -0.15) is 0 Å². The van der Waals surface area contributed by atoms with E-state index in [0.29, 0.717) is 12.1 Å². The maximum atomic E-state index is 6.29. The van der Waals surface area contributed by atoms with Gasteiger partial charge in [-0.25, -0.2) is 4.98 Å². The van der Waals surface area contributed by atoms with E-state index in [2.05, 4.69) is 41.5 Å². The number of hydrogen-bond acceptors (Lipinski definition) is 3. The van der Waals surface area contributed by atoms with E-state index >= 15 is 0 Å². The van der Waals surface area contributed by atoms with Gasteiger partial charge in [0.05, 0.1) is 0 Å². The number of anilines is 1. The first-order valence-corrected chi connectivity index (χ1v) is 8.63. The fourth-order valence-corrected chi connectivity index (χ4v) is 3.37. The average Bonchev–Trinajstić information content (AvgIpc) is 3.33. The first-order valence-electron chi connectivity index (χ1n) is 8.63. The number of fused-ring (bicyclic) bond motifs is 1. The van der Waals surface area contributed by atoms with E-state index in [1.807, 2.05) is 0 Å². The normalized spacial score (nSPS) is 19.3. The molecule has 2 aromatic rings. The van der Waals surface area contributed by atoms with Crippen LogP contribution in [0.15, 0.2) is 24.3 Å². The van der Waals surface area contributed by atoms with E-state index < -0.39 is 0 Å². The lowest BCUT2D eigenvalue weighted by Gasteiger charge is -2.23. The molecule has 0 saturated heterocycles. The summed E-state index contributed by atoms with van der Waals surface area (Å²) in [5.41, 5.74) is 2.25. The molecule has 22 heavy (non-hydrogen) atoms. The lowest BCUT2D eigenvalue weighted by molar-refractivity contribution is 0.151. The van der Waals surface area contributed by atoms with Gasteiger partial charge >= 0.3 is 0 Å². The van der Waals surface area contributed by atoms with Crippen LogP contribution in [0.2, 0.25) is 0 Å². The van der Waals surface area contributed by atoms with Crippen LogP contribution in [-0.2, 0) is 0 Å². The van der Waals surface area contributed by atoms with Gasteiger partial charge in [-0.05, 0) is 63.6 Å². The Bertz CT molecular complexity index is 672. The summed E-state index contributed by atoms with van der Waals surface area (Å²) in [4.78, 5) is 4.68. The summed E-state index contributed by atoms with van der Waals surface area (Å²) in [6, 6.07) is 9.25. The van der Waals surface area contributed by atoms with Crippen LogP contribution >= 0.6 is 0 Å². The summed E-state index contributed by atoms with van der Waals surface area (Å²) in [5.74, 6) is 0.821. The first-order chi connectivity index (χ1) is 10.8. The van der Waals surface area contributed by atoms with Crippen molar-refractivity contribution >= 4 is 16.5 Å². The molecule has 0 amide bonds. The summed E-state index contributed by atoms with van der Waals surface area (Å²) in [6.45, 7) is 2.06. The van der Waals surface area contributed by atoms with Crippen molar-refractivity contribution in [1.82, 2.24) is 4.98 Å². The van der Waals surface area contributed by atoms with Crippen LogP contribution in [0.1, 0.15) is 50.6 Å². The zero-order valence-corrected chi connectivity index (χ0v) is 13.3. The van der Waals surface area contributed by atoms with Crippen molar-refractivity contribution in [3.05, 3.63) is 30.0 Å². The Kier molecular flexibility index (Phi) is 3.65. The molecule has 4 rings (SSSR count). The third-order valence-corrected chi connectivity index (χ3v) is 4.74. The Hall–Kier alpha value is -1.77. The SMILES string of the molecule is Cc1cc2c(NC3CC3)cccc2c(OC2CCCCC2)n1. The number of ether oxygens (including phenoxy) is 1. The van der Waals surface area contributed by atoms with E-state index in [0.717, 1.165) is 29.8 Å². The standard InChI is InChI=1S/C19H24N2O/c1-13-12-17-16(8-5-9-18(17)21-14-10-11-14)19(20-13)22-15-6-3-2-4-7-15/h5,8-9,12,14-15,21H,2-4,6-7,10-11H2,1H3. The Morgan fingerprint density at radius 2 is 1.86 bits per heavy atom. The fourth-order valence-electron chi connectivity index (χ4n) is 3.37. The highest BCUT2D eigenvalue weighted by atomic mass is 16.5. The fraction of sp³-hybridized carbons (Fsp3) is 0.526. The molecule has 2 fully saturated rings. The highest BCUT2D eigenvalue weighted by Crippen LogP contribution is 2.34. The van der Waals surface area contributed by atoms with E-state index in [1.165, 1.54) is 43.2 Å². The van der Waals surface area contributed by atoms with Crippen molar-refractivity contribution < 1.29 is 4.74 Å². The molecule has 0 aliphatic heterocycles. The van der Waals surface area contributed by atoms with E-state index in [4.69, 9.17) is 4.74 Å². The molecule has 3 nitrogen and oxygen atoms in total. The minimum absolute atomic E-state index is 0.339. The number of rotatable bonds is 4. The molecule has 2 aliphatic rings. The Morgan fingerprint density at radius 1 is 1.05 bits per heavy atom. The van der Waals surface area contributed by atoms with Crippen LogP contribution < -0.4 is 10.1 Å². The number of nitrogens with one attached hydrogen (secondary N) is 1. The molecule has 0 spiro atoms. The summed E-state index contributed by atoms with van der Waals surface area (Å²) < 4.78 is 6.29. The molecule has 1 N–H and O–H groups in total. The molecule has 2 saturated carbocycles. The average molecular weight is 296 g/mol. The second-order valence-corrected chi connectivity index (χ2v) is 6.77. The Labute approximate surface area is 132 Å². The quantitative estimate of drug-likeness (QED) is 0.877. The highest BCUT2D eigenvalue weighted by molar-refractivity contribution is 5.97. The summed E-state index contributed by atoms with van der Waals surface area (Å²) in [6.07, 6.45) is 9.14. The van der Waals surface area contributed by atoms with Crippen LogP contribution in [0.4, 0.5) is 5.69 Å². The van der Waals surface area contributed by atoms with Gasteiger partial charge in [-0.15, -0.1) is 0 Å². The zero-order valence-electron chi connectivity index (χ0n) is 13.3. The van der Waals surface area contributed by atoms with Crippen molar-refractivity contribution in [3.8, 4) is 5.88 Å². The molecule has 2 aliphatic carbocycles. The summed E-state index contributed by atoms with van der Waals surface area (Å²) in [7, 11) is 0. The highest BCUT2D eigenvalue weighted by Gasteiger charge is 2.22. The van der Waals surface area contributed by atoms with Crippen molar-refractivity contribution in [3.63, 3.8) is 0 Å². The maximum absolute atomic E-state index is 6.29. The zero-order chi connectivity index (χ0) is 14.9. The van der Waals surface area contributed by atoms with E-state index in [9.17, 15) is 0 Å². The Balaban J connectivity index is 1.70. The largest absolute Gasteiger partial charge is 0.474 e. The molecule has 116 valence electrons. The number of nitrogens with zero attached hydrogens (tertiary/aromatic N) is 1. The van der Waals surface area contributed by atoms with Crippen molar-refractivity contribution in [2.24, 2.45) is 0 Å². The van der Waals surface area contributed by atoms with Gasteiger partial charge in [-0.1, -0.05) is 12.5 Å². The number of aromatic nitrogens is 1. The van der Waals surface area contributed by atoms with Crippen molar-refractivity contribution in [2.45, 2.75) is 64.0 Å². The van der Waals surface area contributed by atoms with Crippen molar-refractivity contribution in [2.75, 3.05) is 5.32 Å².